The molecule has 17 heavy (non-hydrogen) atoms. The smallest absolute Gasteiger partial charge is 0.164 e. The van der Waals surface area contributed by atoms with Gasteiger partial charge in [0.15, 0.2) is 5.78 Å². The normalized spacial score (nSPS) is 10.5. The molecule has 0 saturated carbocycles. The van der Waals surface area contributed by atoms with Crippen molar-refractivity contribution in [1.82, 2.24) is 0 Å². The summed E-state index contributed by atoms with van der Waals surface area (Å²) >= 11 is 10.9. The molecule has 1 heterocycles. The Morgan fingerprint density at radius 2 is 2.18 bits per heavy atom. The lowest BCUT2D eigenvalue weighted by molar-refractivity contribution is 0.0982. The summed E-state index contributed by atoms with van der Waals surface area (Å²) in [7, 11) is 0. The summed E-state index contributed by atoms with van der Waals surface area (Å²) in [5.41, 5.74) is 0.700. The first-order valence-electron chi connectivity index (χ1n) is 5.17. The van der Waals surface area contributed by atoms with E-state index in [0.717, 1.165) is 10.9 Å². The van der Waals surface area contributed by atoms with Crippen LogP contribution in [-0.4, -0.2) is 5.78 Å². The van der Waals surface area contributed by atoms with Crippen LogP contribution in [0.5, 0.6) is 0 Å². The van der Waals surface area contributed by atoms with E-state index in [1.807, 2.05) is 11.4 Å². The standard InChI is InChI=1S/C13H10BrClOS/c14-12-8-9(15)3-5-11(12)13(16)6-4-10-2-1-7-17-10/h1-3,5,7-8H,4,6H2. The molecule has 2 aromatic rings. The Morgan fingerprint density at radius 1 is 1.35 bits per heavy atom. The van der Waals surface area contributed by atoms with Gasteiger partial charge in [0.1, 0.15) is 0 Å². The van der Waals surface area contributed by atoms with E-state index < -0.39 is 0 Å². The van der Waals surface area contributed by atoms with Crippen LogP contribution in [-0.2, 0) is 6.42 Å². The van der Waals surface area contributed by atoms with Gasteiger partial charge in [0.05, 0.1) is 0 Å². The molecule has 0 atom stereocenters. The zero-order chi connectivity index (χ0) is 12.3. The average molecular weight is 330 g/mol. The number of hydrogen-bond acceptors (Lipinski definition) is 2. The van der Waals surface area contributed by atoms with Crippen LogP contribution in [0.25, 0.3) is 0 Å². The Labute approximate surface area is 118 Å². The highest BCUT2D eigenvalue weighted by Crippen LogP contribution is 2.23. The predicted molar refractivity (Wildman–Crippen MR) is 76.1 cm³/mol. The fraction of sp³-hybridized carbons (Fsp3) is 0.154. The van der Waals surface area contributed by atoms with E-state index >= 15 is 0 Å². The van der Waals surface area contributed by atoms with E-state index in [4.69, 9.17) is 11.6 Å². The minimum absolute atomic E-state index is 0.141. The van der Waals surface area contributed by atoms with Crippen molar-refractivity contribution in [3.63, 3.8) is 0 Å². The number of thiophene rings is 1. The Kier molecular flexibility index (Phi) is 4.37. The van der Waals surface area contributed by atoms with E-state index in [1.165, 1.54) is 4.88 Å². The molecule has 0 aliphatic heterocycles. The number of rotatable bonds is 4. The first-order valence-corrected chi connectivity index (χ1v) is 7.22. The highest BCUT2D eigenvalue weighted by atomic mass is 79.9. The summed E-state index contributed by atoms with van der Waals surface area (Å²) in [6, 6.07) is 9.31. The molecule has 0 unspecified atom stereocenters. The topological polar surface area (TPSA) is 17.1 Å². The molecule has 0 amide bonds. The fourth-order valence-corrected chi connectivity index (χ4v) is 3.15. The number of aryl methyl sites for hydroxylation is 1. The molecule has 88 valence electrons. The highest BCUT2D eigenvalue weighted by Gasteiger charge is 2.10. The number of ketones is 1. The third-order valence-electron chi connectivity index (χ3n) is 2.41. The second kappa shape index (κ2) is 5.80. The van der Waals surface area contributed by atoms with Gasteiger partial charge in [-0.25, -0.2) is 0 Å². The van der Waals surface area contributed by atoms with Gasteiger partial charge in [0, 0.05) is 26.4 Å². The van der Waals surface area contributed by atoms with Crippen molar-refractivity contribution < 1.29 is 4.79 Å². The summed E-state index contributed by atoms with van der Waals surface area (Å²) in [5.74, 6) is 0.141. The first kappa shape index (κ1) is 12.8. The van der Waals surface area contributed by atoms with Crippen LogP contribution in [0.4, 0.5) is 0 Å². The number of hydrogen-bond donors (Lipinski definition) is 0. The summed E-state index contributed by atoms with van der Waals surface area (Å²) in [5, 5.41) is 2.66. The van der Waals surface area contributed by atoms with E-state index in [0.29, 0.717) is 17.0 Å². The summed E-state index contributed by atoms with van der Waals surface area (Å²) in [6.45, 7) is 0. The maximum absolute atomic E-state index is 12.0. The third-order valence-corrected chi connectivity index (χ3v) is 4.24. The SMILES string of the molecule is O=C(CCc1cccs1)c1ccc(Cl)cc1Br. The van der Waals surface area contributed by atoms with Crippen LogP contribution < -0.4 is 0 Å². The van der Waals surface area contributed by atoms with Gasteiger partial charge in [-0.1, -0.05) is 17.7 Å². The minimum Gasteiger partial charge on any atom is -0.294 e. The lowest BCUT2D eigenvalue weighted by atomic mass is 10.1. The van der Waals surface area contributed by atoms with Crippen LogP contribution in [0, 0.1) is 0 Å². The second-order valence-corrected chi connectivity index (χ2v) is 5.95. The predicted octanol–water partition coefficient (Wildman–Crippen LogP) is 4.98. The van der Waals surface area contributed by atoms with Crippen molar-refractivity contribution in [3.8, 4) is 0 Å². The highest BCUT2D eigenvalue weighted by molar-refractivity contribution is 9.10. The molecule has 0 fully saturated rings. The fourth-order valence-electron chi connectivity index (χ4n) is 1.54. The maximum atomic E-state index is 12.0. The van der Waals surface area contributed by atoms with E-state index in [-0.39, 0.29) is 5.78 Å². The van der Waals surface area contributed by atoms with Gasteiger partial charge < -0.3 is 0 Å². The maximum Gasteiger partial charge on any atom is 0.164 e. The largest absolute Gasteiger partial charge is 0.294 e. The zero-order valence-corrected chi connectivity index (χ0v) is 12.1. The van der Waals surface area contributed by atoms with Crippen LogP contribution >= 0.6 is 38.9 Å². The molecule has 2 rings (SSSR count). The summed E-state index contributed by atoms with van der Waals surface area (Å²) in [4.78, 5) is 13.2. The number of benzene rings is 1. The molecule has 0 spiro atoms. The van der Waals surface area contributed by atoms with Crippen molar-refractivity contribution in [2.45, 2.75) is 12.8 Å². The molecule has 0 bridgehead atoms. The van der Waals surface area contributed by atoms with Gasteiger partial charge in [-0.15, -0.1) is 11.3 Å². The van der Waals surface area contributed by atoms with Crippen molar-refractivity contribution in [1.29, 1.82) is 0 Å². The number of Topliss-reactive ketones (excluding diaryl/α,β-unsaturated/α-hetero) is 1. The molecule has 1 aromatic heterocycles. The van der Waals surface area contributed by atoms with Crippen LogP contribution in [0.1, 0.15) is 21.7 Å². The van der Waals surface area contributed by atoms with Gasteiger partial charge in [-0.3, -0.25) is 4.79 Å². The van der Waals surface area contributed by atoms with Crippen LogP contribution in [0.15, 0.2) is 40.2 Å². The Bertz CT molecular complexity index is 522. The Hall–Kier alpha value is -0.640. The first-order chi connectivity index (χ1) is 8.16. The van der Waals surface area contributed by atoms with Gasteiger partial charge in [-0.2, -0.15) is 0 Å². The number of carbonyl (C=O) groups is 1. The van der Waals surface area contributed by atoms with Gasteiger partial charge in [0.25, 0.3) is 0 Å². The van der Waals surface area contributed by atoms with Crippen molar-refractivity contribution in [2.75, 3.05) is 0 Å². The van der Waals surface area contributed by atoms with Gasteiger partial charge >= 0.3 is 0 Å². The summed E-state index contributed by atoms with van der Waals surface area (Å²) < 4.78 is 0.765. The van der Waals surface area contributed by atoms with Crippen molar-refractivity contribution >= 4 is 44.7 Å². The molecule has 1 nitrogen and oxygen atoms in total. The van der Waals surface area contributed by atoms with Crippen molar-refractivity contribution in [3.05, 3.63) is 55.6 Å². The van der Waals surface area contributed by atoms with E-state index in [2.05, 4.69) is 22.0 Å². The lowest BCUT2D eigenvalue weighted by Gasteiger charge is -2.03. The van der Waals surface area contributed by atoms with Gasteiger partial charge in [0.2, 0.25) is 0 Å². The van der Waals surface area contributed by atoms with E-state index in [9.17, 15) is 4.79 Å². The third kappa shape index (κ3) is 3.41. The van der Waals surface area contributed by atoms with Crippen LogP contribution in [0.2, 0.25) is 5.02 Å². The molecular formula is C13H10BrClOS. The lowest BCUT2D eigenvalue weighted by Crippen LogP contribution is -2.01. The van der Waals surface area contributed by atoms with Gasteiger partial charge in [-0.05, 0) is 52.0 Å². The molecule has 0 radical (unpaired) electrons. The molecule has 0 aliphatic rings. The zero-order valence-electron chi connectivity index (χ0n) is 8.95. The molecule has 0 aliphatic carbocycles. The van der Waals surface area contributed by atoms with Crippen molar-refractivity contribution in [2.24, 2.45) is 0 Å². The molecule has 1 aromatic carbocycles. The Morgan fingerprint density at radius 3 is 2.82 bits per heavy atom. The second-order valence-electron chi connectivity index (χ2n) is 3.63. The summed E-state index contributed by atoms with van der Waals surface area (Å²) in [6.07, 6.45) is 1.33. The molecule has 0 saturated heterocycles. The number of halogens is 2. The Balaban J connectivity index is 2.04. The molecule has 4 heteroatoms. The average Bonchev–Trinajstić information content (AvgIpc) is 2.78. The molecule has 0 N–H and O–H groups in total. The quantitative estimate of drug-likeness (QED) is 0.723. The number of carbonyl (C=O) groups excluding carboxylic acids is 1. The van der Waals surface area contributed by atoms with Crippen LogP contribution in [0.3, 0.4) is 0 Å². The monoisotopic (exact) mass is 328 g/mol. The minimum atomic E-state index is 0.141. The molecular weight excluding hydrogens is 320 g/mol. The van der Waals surface area contributed by atoms with E-state index in [1.54, 1.807) is 29.5 Å².